The highest BCUT2D eigenvalue weighted by Crippen LogP contribution is 2.35. The average Bonchev–Trinajstić information content (AvgIpc) is 1.78. The molecule has 0 saturated carbocycles. The zero-order valence-corrected chi connectivity index (χ0v) is 70.6. The lowest BCUT2D eigenvalue weighted by Crippen LogP contribution is -2.55. The standard InChI is InChI=1S/C84H133N11O15S/c1-20-54(6)73(68(108-18)49-71(101)95-42-27-32-65(95)74(109-19)55(7)66(97)47-60(78-88-41-43-111-78)44-56-28-22-21-23-29-56)94(17)79(105)63(52(2)3)48-69(99)84(14,15)93-81(107)110-51-57-33-35-61(36-34-57)90-76(103)59(31-26-40-89-80(85)106)46-67(98)72(53(4)5)91-77(104)58(45-62(96)50-86-16)30-24-25-39-87-70(100)38-37-64(92-83(11,12)13)75(102)82(8,9)10/h21-23,28-29,33-36,41,43,52-55,58-60,63-65,68,72-74,86,92H,20,24-27,30-32,37-40,42,44-51H2,1-19H3,(H,87,100)(H,90,103)(H,91,104)(H,93,107)(H3,85,89,106)/t54-,55-,58+,59+,60+,63-,64+,65-,68+,72-,73-,74+/m0/s1. The molecule has 27 heteroatoms. The fourth-order valence-corrected chi connectivity index (χ4v) is 15.3. The van der Waals surface area contributed by atoms with Crippen LogP contribution in [0.2, 0.25) is 0 Å². The Morgan fingerprint density at radius 1 is 0.730 bits per heavy atom. The third-order valence-electron chi connectivity index (χ3n) is 21.2. The first kappa shape index (κ1) is 95.5. The van der Waals surface area contributed by atoms with Gasteiger partial charge in [-0.3, -0.25) is 47.9 Å². The summed E-state index contributed by atoms with van der Waals surface area (Å²) in [4.78, 5) is 173. The van der Waals surface area contributed by atoms with E-state index in [9.17, 15) is 57.5 Å². The van der Waals surface area contributed by atoms with Crippen LogP contribution in [-0.4, -0.2) is 187 Å². The van der Waals surface area contributed by atoms with Crippen molar-refractivity contribution in [1.82, 2.24) is 46.7 Å². The first-order valence-corrected chi connectivity index (χ1v) is 40.6. The highest BCUT2D eigenvalue weighted by atomic mass is 32.1. The maximum Gasteiger partial charge on any atom is 0.408 e. The van der Waals surface area contributed by atoms with Crippen molar-refractivity contribution < 1.29 is 71.7 Å². The molecule has 620 valence electrons. The SMILES string of the molecule is CC[C@H](C)[C@@H]([C@@H](CC(=O)N1CCC[C@H]1[C@H](OC)[C@@H](C)C(=O)C[C@@H](Cc1ccccc1)c1nccs1)OC)N(C)C(=O)[C@@H](CC(=O)C(C)(C)NC(=O)OCc1ccc(NC(=O)[C@H](CCCNC(N)=O)CC(=O)[C@@H](NC(=O)[C@H](CCCCNC(=O)CC[C@@H](NC(C)(C)C)C(=O)C(C)(C)C)CC(=O)CNC)C(C)C)cc1)C(C)C. The van der Waals surface area contributed by atoms with Crippen LogP contribution in [-0.2, 0) is 75.2 Å². The van der Waals surface area contributed by atoms with E-state index in [0.29, 0.717) is 62.9 Å². The van der Waals surface area contributed by atoms with Gasteiger partial charge >= 0.3 is 12.1 Å². The molecule has 26 nitrogen and oxygen atoms in total. The van der Waals surface area contributed by atoms with Crippen LogP contribution < -0.4 is 43.0 Å². The number of Topliss-reactive ketones (excluding diaryl/α,β-unsaturated/α-hetero) is 5. The van der Waals surface area contributed by atoms with E-state index in [1.165, 1.54) is 32.3 Å². The van der Waals surface area contributed by atoms with Crippen molar-refractivity contribution in [3.8, 4) is 0 Å². The molecule has 2 aromatic carbocycles. The minimum Gasteiger partial charge on any atom is -0.445 e. The van der Waals surface area contributed by atoms with E-state index in [4.69, 9.17) is 19.9 Å². The summed E-state index contributed by atoms with van der Waals surface area (Å²) < 4.78 is 17.9. The number of hydrogen-bond acceptors (Lipinski definition) is 19. The molecule has 2 heterocycles. The van der Waals surface area contributed by atoms with Gasteiger partial charge in [0.1, 0.15) is 18.2 Å². The zero-order valence-electron chi connectivity index (χ0n) is 69.7. The number of alkyl carbamates (subject to hydrolysis) is 1. The zero-order chi connectivity index (χ0) is 83.1. The number of nitrogens with zero attached hydrogens (tertiary/aromatic N) is 3. The van der Waals surface area contributed by atoms with Gasteiger partial charge in [-0.1, -0.05) is 125 Å². The van der Waals surface area contributed by atoms with Crippen molar-refractivity contribution in [1.29, 1.82) is 0 Å². The number of primary amides is 1. The van der Waals surface area contributed by atoms with E-state index >= 15 is 0 Å². The molecule has 1 fully saturated rings. The fourth-order valence-electron chi connectivity index (χ4n) is 14.6. The second-order valence-electron chi connectivity index (χ2n) is 33.5. The number of hydrogen-bond donors (Lipinski definition) is 8. The van der Waals surface area contributed by atoms with E-state index in [-0.39, 0.29) is 142 Å². The number of likely N-dealkylation sites (tertiary alicyclic amines) is 1. The van der Waals surface area contributed by atoms with E-state index in [1.807, 2.05) is 105 Å². The summed E-state index contributed by atoms with van der Waals surface area (Å²) in [7, 11) is 6.42. The molecule has 0 bridgehead atoms. The minimum atomic E-state index is -1.49. The number of ketones is 5. The van der Waals surface area contributed by atoms with Gasteiger partial charge in [-0.05, 0) is 134 Å². The highest BCUT2D eigenvalue weighted by molar-refractivity contribution is 7.09. The van der Waals surface area contributed by atoms with Crippen LogP contribution in [0.3, 0.4) is 0 Å². The molecule has 0 aliphatic carbocycles. The van der Waals surface area contributed by atoms with Crippen molar-refractivity contribution in [3.05, 3.63) is 82.3 Å². The molecule has 12 atom stereocenters. The largest absolute Gasteiger partial charge is 0.445 e. The van der Waals surface area contributed by atoms with E-state index < -0.39 is 106 Å². The predicted molar refractivity (Wildman–Crippen MR) is 432 cm³/mol. The summed E-state index contributed by atoms with van der Waals surface area (Å²) in [5.74, 6) is -6.80. The number of anilines is 1. The van der Waals surface area contributed by atoms with Crippen LogP contribution in [0.15, 0.2) is 66.2 Å². The highest BCUT2D eigenvalue weighted by Gasteiger charge is 2.45. The smallest absolute Gasteiger partial charge is 0.408 e. The summed E-state index contributed by atoms with van der Waals surface area (Å²) in [6.45, 7) is 28.4. The number of thiazole rings is 1. The van der Waals surface area contributed by atoms with Crippen molar-refractivity contribution in [2.24, 2.45) is 52.6 Å². The maximum absolute atomic E-state index is 14.9. The van der Waals surface area contributed by atoms with Crippen LogP contribution in [0.25, 0.3) is 0 Å². The number of benzene rings is 2. The van der Waals surface area contributed by atoms with Gasteiger partial charge in [0.25, 0.3) is 0 Å². The normalized spacial score (nSPS) is 16.3. The number of unbranched alkanes of at least 4 members (excludes halogenated alkanes) is 1. The summed E-state index contributed by atoms with van der Waals surface area (Å²) in [5, 5.41) is 22.9. The third kappa shape index (κ3) is 31.9. The van der Waals surface area contributed by atoms with E-state index in [0.717, 1.165) is 17.0 Å². The van der Waals surface area contributed by atoms with Crippen LogP contribution in [0.1, 0.15) is 222 Å². The quantitative estimate of drug-likeness (QED) is 0.0243. The van der Waals surface area contributed by atoms with Gasteiger partial charge in [-0.2, -0.15) is 0 Å². The average molecular weight is 1570 g/mol. The van der Waals surface area contributed by atoms with Gasteiger partial charge in [0.05, 0.1) is 59.9 Å². The van der Waals surface area contributed by atoms with Crippen LogP contribution in [0.5, 0.6) is 0 Å². The molecule has 1 aliphatic heterocycles. The molecule has 4 rings (SSSR count). The number of methoxy groups -OCH3 is 2. The summed E-state index contributed by atoms with van der Waals surface area (Å²) in [6, 6.07) is 13.2. The molecule has 8 amide bonds. The summed E-state index contributed by atoms with van der Waals surface area (Å²) >= 11 is 1.53. The second-order valence-corrected chi connectivity index (χ2v) is 34.4. The Morgan fingerprint density at radius 3 is 1.95 bits per heavy atom. The number of nitrogens with two attached hydrogens (primary N) is 1. The third-order valence-corrected chi connectivity index (χ3v) is 22.1. The molecule has 1 aliphatic rings. The predicted octanol–water partition coefficient (Wildman–Crippen LogP) is 10.6. The molecule has 1 saturated heterocycles. The molecular weight excluding hydrogens is 1440 g/mol. The Bertz CT molecular complexity index is 3490. The van der Waals surface area contributed by atoms with Crippen LogP contribution >= 0.6 is 11.3 Å². The topological polar surface area (TPSA) is 362 Å². The number of carbonyl (C=O) groups is 12. The molecule has 9 N–H and O–H groups in total. The van der Waals surface area contributed by atoms with Gasteiger partial charge < -0.3 is 67.0 Å². The van der Waals surface area contributed by atoms with Gasteiger partial charge in [-0.25, -0.2) is 14.6 Å². The van der Waals surface area contributed by atoms with Crippen LogP contribution in [0.4, 0.5) is 15.3 Å². The van der Waals surface area contributed by atoms with Crippen molar-refractivity contribution >= 4 is 87.6 Å². The molecular formula is C84H133N11O15S. The number of likely N-dealkylation sites (N-methyl/N-ethyl adjacent to an activating group) is 2. The minimum absolute atomic E-state index is 0.0208. The van der Waals surface area contributed by atoms with Crippen molar-refractivity contribution in [2.75, 3.05) is 59.8 Å². The van der Waals surface area contributed by atoms with Gasteiger partial charge in [-0.15, -0.1) is 11.3 Å². The number of carbonyl (C=O) groups excluding carboxylic acids is 12. The van der Waals surface area contributed by atoms with Crippen molar-refractivity contribution in [2.45, 2.75) is 267 Å². The number of ether oxygens (including phenoxy) is 3. The van der Waals surface area contributed by atoms with Gasteiger partial charge in [0.2, 0.25) is 29.5 Å². The Morgan fingerprint density at radius 2 is 1.38 bits per heavy atom. The van der Waals surface area contributed by atoms with Crippen molar-refractivity contribution in [3.63, 3.8) is 0 Å². The Balaban J connectivity index is 1.37. The Kier molecular flexibility index (Phi) is 39.9. The van der Waals surface area contributed by atoms with E-state index in [2.05, 4.69) is 54.3 Å². The number of aromatic nitrogens is 1. The number of urea groups is 1. The first-order valence-electron chi connectivity index (χ1n) is 39.7. The lowest BCUT2D eigenvalue weighted by molar-refractivity contribution is -0.149. The van der Waals surface area contributed by atoms with Crippen LogP contribution in [0, 0.1) is 46.8 Å². The first-order chi connectivity index (χ1) is 52.2. The number of amides is 8. The lowest BCUT2D eigenvalue weighted by Gasteiger charge is -2.41. The second kappa shape index (κ2) is 46.4. The molecule has 0 spiro atoms. The molecule has 0 radical (unpaired) electrons. The molecule has 3 aromatic rings. The van der Waals surface area contributed by atoms with Gasteiger partial charge in [0.15, 0.2) is 17.3 Å². The maximum atomic E-state index is 14.9. The van der Waals surface area contributed by atoms with Gasteiger partial charge in [0, 0.05) is 131 Å². The summed E-state index contributed by atoms with van der Waals surface area (Å²) in [6.07, 6.45) is 3.98. The number of nitrogens with one attached hydrogen (secondary N) is 7. The fraction of sp³-hybridized carbons (Fsp3) is 0.679. The number of rotatable bonds is 50. The Hall–Kier alpha value is -7.85. The molecule has 111 heavy (non-hydrogen) atoms. The molecule has 0 unspecified atom stereocenters. The molecule has 1 aromatic heterocycles. The summed E-state index contributed by atoms with van der Waals surface area (Å²) in [5.41, 5.74) is 4.88. The lowest BCUT2D eigenvalue weighted by atomic mass is 9.83. The monoisotopic (exact) mass is 1570 g/mol. The Labute approximate surface area is 664 Å². The van der Waals surface area contributed by atoms with E-state index in [1.54, 1.807) is 70.4 Å².